The molecule has 3 aromatic heterocycles. The van der Waals surface area contributed by atoms with Gasteiger partial charge < -0.3 is 4.52 Å². The van der Waals surface area contributed by atoms with Gasteiger partial charge in [0.05, 0.1) is 11.9 Å². The molecule has 0 atom stereocenters. The van der Waals surface area contributed by atoms with Gasteiger partial charge in [-0.1, -0.05) is 11.2 Å². The maximum Gasteiger partial charge on any atom is 0.258 e. The Labute approximate surface area is 123 Å². The van der Waals surface area contributed by atoms with Crippen molar-refractivity contribution in [2.75, 3.05) is 0 Å². The Kier molecular flexibility index (Phi) is 2.86. The summed E-state index contributed by atoms with van der Waals surface area (Å²) in [4.78, 5) is 12.4. The molecular weight excluding hydrogens is 284 g/mol. The number of hydrogen-bond donors (Lipinski definition) is 0. The van der Waals surface area contributed by atoms with Crippen molar-refractivity contribution in [1.82, 2.24) is 40.3 Å². The van der Waals surface area contributed by atoms with Crippen LogP contribution in [0.2, 0.25) is 0 Å². The smallest absolute Gasteiger partial charge is 0.258 e. The van der Waals surface area contributed by atoms with Gasteiger partial charge in [0.25, 0.3) is 5.89 Å². The van der Waals surface area contributed by atoms with Crippen LogP contribution in [0.5, 0.6) is 0 Å². The lowest BCUT2D eigenvalue weighted by Crippen LogP contribution is -1.95. The SMILES string of the molecule is c1cc(-c2nc(-c3cnccn3)no2)cc(-n2cnnn2)c1. The van der Waals surface area contributed by atoms with Crippen molar-refractivity contribution in [3.05, 3.63) is 49.2 Å². The van der Waals surface area contributed by atoms with Crippen LogP contribution in [0, 0.1) is 0 Å². The summed E-state index contributed by atoms with van der Waals surface area (Å²) < 4.78 is 6.83. The first-order chi connectivity index (χ1) is 10.9. The summed E-state index contributed by atoms with van der Waals surface area (Å²) in [6.07, 6.45) is 6.24. The molecule has 4 rings (SSSR count). The molecule has 0 radical (unpaired) electrons. The van der Waals surface area contributed by atoms with Gasteiger partial charge in [-0.05, 0) is 28.6 Å². The van der Waals surface area contributed by atoms with E-state index in [9.17, 15) is 0 Å². The highest BCUT2D eigenvalue weighted by molar-refractivity contribution is 5.59. The monoisotopic (exact) mass is 292 g/mol. The molecule has 0 saturated heterocycles. The van der Waals surface area contributed by atoms with Crippen LogP contribution >= 0.6 is 0 Å². The van der Waals surface area contributed by atoms with Crippen molar-refractivity contribution in [2.24, 2.45) is 0 Å². The molecular formula is C13H8N8O. The zero-order valence-electron chi connectivity index (χ0n) is 11.1. The van der Waals surface area contributed by atoms with Crippen LogP contribution in [0.3, 0.4) is 0 Å². The van der Waals surface area contributed by atoms with Crippen molar-refractivity contribution < 1.29 is 4.52 Å². The van der Waals surface area contributed by atoms with Gasteiger partial charge in [-0.3, -0.25) is 4.98 Å². The topological polar surface area (TPSA) is 108 Å². The molecule has 22 heavy (non-hydrogen) atoms. The zero-order valence-corrected chi connectivity index (χ0v) is 11.1. The molecule has 0 unspecified atom stereocenters. The minimum atomic E-state index is 0.385. The van der Waals surface area contributed by atoms with Gasteiger partial charge in [-0.25, -0.2) is 9.67 Å². The third-order valence-corrected chi connectivity index (χ3v) is 2.92. The van der Waals surface area contributed by atoms with E-state index in [4.69, 9.17) is 4.52 Å². The molecule has 0 bridgehead atoms. The minimum absolute atomic E-state index is 0.385. The van der Waals surface area contributed by atoms with E-state index in [0.717, 1.165) is 11.3 Å². The first-order valence-corrected chi connectivity index (χ1v) is 6.34. The maximum atomic E-state index is 5.29. The first-order valence-electron chi connectivity index (χ1n) is 6.34. The van der Waals surface area contributed by atoms with E-state index >= 15 is 0 Å². The van der Waals surface area contributed by atoms with Gasteiger partial charge in [-0.15, -0.1) is 5.10 Å². The second-order valence-electron chi connectivity index (χ2n) is 4.32. The summed E-state index contributed by atoms with van der Waals surface area (Å²) in [5, 5.41) is 15.0. The molecule has 0 N–H and O–H groups in total. The normalized spacial score (nSPS) is 10.7. The number of tetrazole rings is 1. The molecule has 0 saturated carbocycles. The number of rotatable bonds is 3. The number of hydrogen-bond acceptors (Lipinski definition) is 8. The van der Waals surface area contributed by atoms with Crippen LogP contribution in [0.15, 0.2) is 53.7 Å². The summed E-state index contributed by atoms with van der Waals surface area (Å²) in [6, 6.07) is 7.45. The van der Waals surface area contributed by atoms with E-state index in [2.05, 4.69) is 35.6 Å². The molecule has 9 nitrogen and oxygen atoms in total. The minimum Gasteiger partial charge on any atom is -0.334 e. The third kappa shape index (κ3) is 2.20. The fourth-order valence-electron chi connectivity index (χ4n) is 1.92. The van der Waals surface area contributed by atoms with Gasteiger partial charge in [0, 0.05) is 18.0 Å². The predicted octanol–water partition coefficient (Wildman–Crippen LogP) is 1.17. The molecule has 0 spiro atoms. The molecule has 0 aliphatic rings. The molecule has 4 aromatic rings. The summed E-state index contributed by atoms with van der Waals surface area (Å²) in [5.41, 5.74) is 2.10. The molecule has 9 heteroatoms. The van der Waals surface area contributed by atoms with Crippen molar-refractivity contribution in [1.29, 1.82) is 0 Å². The average molecular weight is 292 g/mol. The highest BCUT2D eigenvalue weighted by atomic mass is 16.5. The lowest BCUT2D eigenvalue weighted by Gasteiger charge is -2.00. The fourth-order valence-corrected chi connectivity index (χ4v) is 1.92. The second kappa shape index (κ2) is 5.13. The van der Waals surface area contributed by atoms with E-state index in [-0.39, 0.29) is 0 Å². The summed E-state index contributed by atoms with van der Waals surface area (Å²) in [5.74, 6) is 0.770. The maximum absolute atomic E-state index is 5.29. The van der Waals surface area contributed by atoms with Gasteiger partial charge >= 0.3 is 0 Å². The van der Waals surface area contributed by atoms with Crippen LogP contribution in [0.1, 0.15) is 0 Å². The van der Waals surface area contributed by atoms with E-state index in [1.165, 1.54) is 6.33 Å². The van der Waals surface area contributed by atoms with Crippen LogP contribution in [0.4, 0.5) is 0 Å². The third-order valence-electron chi connectivity index (χ3n) is 2.92. The predicted molar refractivity (Wildman–Crippen MR) is 73.5 cm³/mol. The van der Waals surface area contributed by atoms with Crippen molar-refractivity contribution in [3.8, 4) is 28.7 Å². The largest absolute Gasteiger partial charge is 0.334 e. The van der Waals surface area contributed by atoms with Crippen LogP contribution in [-0.4, -0.2) is 40.3 Å². The molecule has 0 aliphatic heterocycles. The molecule has 0 aliphatic carbocycles. The van der Waals surface area contributed by atoms with E-state index in [1.54, 1.807) is 23.3 Å². The molecule has 0 fully saturated rings. The lowest BCUT2D eigenvalue weighted by atomic mass is 10.2. The first kappa shape index (κ1) is 12.3. The summed E-state index contributed by atoms with van der Waals surface area (Å²) in [7, 11) is 0. The standard InChI is InChI=1S/C13H8N8O/c1-2-9(6-10(3-1)21-8-16-19-20-21)13-17-12(18-22-13)11-7-14-4-5-15-11/h1-8H. The van der Waals surface area contributed by atoms with Gasteiger partial charge in [0.15, 0.2) is 0 Å². The second-order valence-corrected chi connectivity index (χ2v) is 4.32. The molecule has 3 heterocycles. The number of aromatic nitrogens is 8. The van der Waals surface area contributed by atoms with Crippen LogP contribution < -0.4 is 0 Å². The van der Waals surface area contributed by atoms with Crippen molar-refractivity contribution >= 4 is 0 Å². The van der Waals surface area contributed by atoms with E-state index in [0.29, 0.717) is 17.4 Å². The number of benzene rings is 1. The number of nitrogens with zero attached hydrogens (tertiary/aromatic N) is 8. The molecule has 1 aromatic carbocycles. The molecule has 0 amide bonds. The Hall–Kier alpha value is -3.49. The highest BCUT2D eigenvalue weighted by Gasteiger charge is 2.12. The summed E-state index contributed by atoms with van der Waals surface area (Å²) in [6.45, 7) is 0. The quantitative estimate of drug-likeness (QED) is 0.553. The molecule has 106 valence electrons. The Balaban J connectivity index is 1.71. The zero-order chi connectivity index (χ0) is 14.8. The van der Waals surface area contributed by atoms with E-state index in [1.807, 2.05) is 24.3 Å². The average Bonchev–Trinajstić information content (AvgIpc) is 3.28. The van der Waals surface area contributed by atoms with Gasteiger partial charge in [-0.2, -0.15) is 4.98 Å². The van der Waals surface area contributed by atoms with Gasteiger partial charge in [0.2, 0.25) is 5.82 Å². The lowest BCUT2D eigenvalue weighted by molar-refractivity contribution is 0.432. The Bertz CT molecular complexity index is 887. The van der Waals surface area contributed by atoms with Crippen molar-refractivity contribution in [3.63, 3.8) is 0 Å². The Morgan fingerprint density at radius 2 is 2.14 bits per heavy atom. The Morgan fingerprint density at radius 3 is 2.95 bits per heavy atom. The van der Waals surface area contributed by atoms with E-state index < -0.39 is 0 Å². The van der Waals surface area contributed by atoms with Gasteiger partial charge in [0.1, 0.15) is 12.0 Å². The van der Waals surface area contributed by atoms with Crippen LogP contribution in [0.25, 0.3) is 28.7 Å². The fraction of sp³-hybridized carbons (Fsp3) is 0. The van der Waals surface area contributed by atoms with Crippen molar-refractivity contribution in [2.45, 2.75) is 0 Å². The summed E-state index contributed by atoms with van der Waals surface area (Å²) >= 11 is 0. The van der Waals surface area contributed by atoms with Crippen LogP contribution in [-0.2, 0) is 0 Å². The Morgan fingerprint density at radius 1 is 1.14 bits per heavy atom. The highest BCUT2D eigenvalue weighted by Crippen LogP contribution is 2.22.